The van der Waals surface area contributed by atoms with Gasteiger partial charge in [0.1, 0.15) is 10.8 Å². The Bertz CT molecular complexity index is 560. The van der Waals surface area contributed by atoms with Crippen molar-refractivity contribution in [3.8, 4) is 5.69 Å². The predicted octanol–water partition coefficient (Wildman–Crippen LogP) is 2.98. The van der Waals surface area contributed by atoms with Crippen molar-refractivity contribution in [3.05, 3.63) is 35.7 Å². The van der Waals surface area contributed by atoms with Gasteiger partial charge in [0.05, 0.1) is 5.69 Å². The number of anilines is 1. The third-order valence-electron chi connectivity index (χ3n) is 2.22. The highest BCUT2D eigenvalue weighted by atomic mass is 32.2. The van der Waals surface area contributed by atoms with E-state index in [1.54, 1.807) is 6.07 Å². The van der Waals surface area contributed by atoms with Crippen molar-refractivity contribution in [1.82, 2.24) is 9.78 Å². The maximum atomic E-state index is 13.1. The van der Waals surface area contributed by atoms with Crippen molar-refractivity contribution in [2.45, 2.75) is 11.9 Å². The summed E-state index contributed by atoms with van der Waals surface area (Å²) < 4.78 is 40.2. The molecule has 0 radical (unpaired) electrons. The highest BCUT2D eigenvalue weighted by Gasteiger charge is 2.14. The van der Waals surface area contributed by atoms with Crippen molar-refractivity contribution >= 4 is 17.6 Å². The van der Waals surface area contributed by atoms with Crippen molar-refractivity contribution in [1.29, 1.82) is 0 Å². The van der Waals surface area contributed by atoms with E-state index in [0.29, 0.717) is 5.03 Å². The van der Waals surface area contributed by atoms with Crippen LogP contribution >= 0.6 is 11.8 Å². The number of benzene rings is 1. The van der Waals surface area contributed by atoms with Gasteiger partial charge in [0.2, 0.25) is 0 Å². The number of nitrogen functional groups attached to an aromatic ring is 1. The maximum absolute atomic E-state index is 13.1. The van der Waals surface area contributed by atoms with Crippen LogP contribution in [0.2, 0.25) is 0 Å². The second kappa shape index (κ2) is 4.93. The normalized spacial score (nSPS) is 10.9. The van der Waals surface area contributed by atoms with Gasteiger partial charge in [-0.1, -0.05) is 6.92 Å². The number of nitrogens with zero attached hydrogens (tertiary/aromatic N) is 2. The van der Waals surface area contributed by atoms with Gasteiger partial charge in [-0.3, -0.25) is 0 Å². The maximum Gasteiger partial charge on any atom is 0.194 e. The van der Waals surface area contributed by atoms with Crippen molar-refractivity contribution in [2.24, 2.45) is 0 Å². The van der Waals surface area contributed by atoms with Crippen molar-refractivity contribution in [2.75, 3.05) is 11.5 Å². The Kier molecular flexibility index (Phi) is 3.51. The molecule has 1 aromatic heterocycles. The third kappa shape index (κ3) is 2.31. The zero-order valence-electron chi connectivity index (χ0n) is 9.45. The van der Waals surface area contributed by atoms with Crippen LogP contribution in [0.1, 0.15) is 6.92 Å². The van der Waals surface area contributed by atoms with Gasteiger partial charge in [0.15, 0.2) is 17.5 Å². The summed E-state index contributed by atoms with van der Waals surface area (Å²) in [7, 11) is 0. The standard InChI is InChI=1S/C11H10F3N3S/c1-2-18-10-5-9(15)17(16-10)6-3-7(12)11(14)8(13)4-6/h3-5H,2,15H2,1H3. The van der Waals surface area contributed by atoms with Crippen LogP contribution in [0, 0.1) is 17.5 Å². The Hall–Kier alpha value is -1.63. The average Bonchev–Trinajstić information content (AvgIpc) is 2.67. The van der Waals surface area contributed by atoms with Gasteiger partial charge in [0, 0.05) is 18.2 Å². The average molecular weight is 273 g/mol. The van der Waals surface area contributed by atoms with E-state index in [4.69, 9.17) is 5.73 Å². The lowest BCUT2D eigenvalue weighted by molar-refractivity contribution is 0.446. The minimum absolute atomic E-state index is 0.0480. The van der Waals surface area contributed by atoms with Crippen LogP contribution in [-0.4, -0.2) is 15.5 Å². The van der Waals surface area contributed by atoms with E-state index < -0.39 is 17.5 Å². The van der Waals surface area contributed by atoms with Crippen LogP contribution in [0.3, 0.4) is 0 Å². The monoisotopic (exact) mass is 273 g/mol. The van der Waals surface area contributed by atoms with Crippen LogP contribution in [-0.2, 0) is 0 Å². The Labute approximate surface area is 106 Å². The summed E-state index contributed by atoms with van der Waals surface area (Å²) in [6, 6.07) is 3.29. The van der Waals surface area contributed by atoms with E-state index in [-0.39, 0.29) is 11.5 Å². The van der Waals surface area contributed by atoms with Crippen LogP contribution < -0.4 is 5.73 Å². The fourth-order valence-electron chi connectivity index (χ4n) is 1.46. The molecule has 0 amide bonds. The van der Waals surface area contributed by atoms with Crippen molar-refractivity contribution < 1.29 is 13.2 Å². The van der Waals surface area contributed by atoms with Gasteiger partial charge in [0.25, 0.3) is 0 Å². The fraction of sp³-hybridized carbons (Fsp3) is 0.182. The first-order valence-electron chi connectivity index (χ1n) is 5.16. The van der Waals surface area contributed by atoms with Gasteiger partial charge in [-0.2, -0.15) is 5.10 Å². The third-order valence-corrected chi connectivity index (χ3v) is 3.00. The Morgan fingerprint density at radius 1 is 1.22 bits per heavy atom. The fourth-order valence-corrected chi connectivity index (χ4v) is 2.10. The van der Waals surface area contributed by atoms with Crippen molar-refractivity contribution in [3.63, 3.8) is 0 Å². The molecule has 0 fully saturated rings. The Morgan fingerprint density at radius 2 is 1.83 bits per heavy atom. The molecular weight excluding hydrogens is 263 g/mol. The molecule has 2 aromatic rings. The van der Waals surface area contributed by atoms with Gasteiger partial charge < -0.3 is 5.73 Å². The number of thioether (sulfide) groups is 1. The molecule has 3 nitrogen and oxygen atoms in total. The zero-order valence-corrected chi connectivity index (χ0v) is 10.3. The number of hydrogen-bond acceptors (Lipinski definition) is 3. The molecule has 0 unspecified atom stereocenters. The Balaban J connectivity index is 2.48. The molecule has 0 aliphatic carbocycles. The zero-order chi connectivity index (χ0) is 13.3. The largest absolute Gasteiger partial charge is 0.384 e. The van der Waals surface area contributed by atoms with Gasteiger partial charge in [-0.25, -0.2) is 17.9 Å². The molecule has 2 N–H and O–H groups in total. The summed E-state index contributed by atoms with van der Waals surface area (Å²) in [6.45, 7) is 1.94. The summed E-state index contributed by atoms with van der Waals surface area (Å²) in [5, 5.41) is 4.72. The molecule has 0 aliphatic rings. The molecule has 0 bridgehead atoms. The van der Waals surface area contributed by atoms with E-state index in [2.05, 4.69) is 5.10 Å². The lowest BCUT2D eigenvalue weighted by Gasteiger charge is -2.05. The molecule has 0 spiro atoms. The summed E-state index contributed by atoms with van der Waals surface area (Å²) in [5.41, 5.74) is 5.74. The van der Waals surface area contributed by atoms with Crippen LogP contribution in [0.25, 0.3) is 5.69 Å². The lowest BCUT2D eigenvalue weighted by atomic mass is 10.3. The molecule has 0 atom stereocenters. The van der Waals surface area contributed by atoms with E-state index >= 15 is 0 Å². The molecule has 0 aliphatic heterocycles. The SMILES string of the molecule is CCSc1cc(N)n(-c2cc(F)c(F)c(F)c2)n1. The van der Waals surface area contributed by atoms with Crippen LogP contribution in [0.5, 0.6) is 0 Å². The second-order valence-corrected chi connectivity index (χ2v) is 4.76. The Morgan fingerprint density at radius 3 is 2.39 bits per heavy atom. The first-order chi connectivity index (χ1) is 8.52. The number of halogens is 3. The second-order valence-electron chi connectivity index (χ2n) is 3.48. The first-order valence-corrected chi connectivity index (χ1v) is 6.14. The van der Waals surface area contributed by atoms with E-state index in [0.717, 1.165) is 17.9 Å². The molecule has 96 valence electrons. The van der Waals surface area contributed by atoms with Gasteiger partial charge >= 0.3 is 0 Å². The summed E-state index contributed by atoms with van der Waals surface area (Å²) in [4.78, 5) is 0. The van der Waals surface area contributed by atoms with E-state index in [1.165, 1.54) is 16.4 Å². The number of nitrogens with two attached hydrogens (primary N) is 1. The first kappa shape index (κ1) is 12.8. The highest BCUT2D eigenvalue weighted by molar-refractivity contribution is 7.99. The minimum Gasteiger partial charge on any atom is -0.384 e. The topological polar surface area (TPSA) is 43.8 Å². The summed E-state index contributed by atoms with van der Waals surface area (Å²) >= 11 is 1.44. The molecule has 7 heteroatoms. The number of hydrogen-bond donors (Lipinski definition) is 1. The smallest absolute Gasteiger partial charge is 0.194 e. The van der Waals surface area contributed by atoms with Gasteiger partial charge in [-0.15, -0.1) is 11.8 Å². The van der Waals surface area contributed by atoms with E-state index in [1.807, 2.05) is 6.92 Å². The summed E-state index contributed by atoms with van der Waals surface area (Å²) in [5.74, 6) is -3.03. The quantitative estimate of drug-likeness (QED) is 0.690. The molecule has 0 saturated carbocycles. The van der Waals surface area contributed by atoms with Crippen LogP contribution in [0.4, 0.5) is 19.0 Å². The molecule has 0 saturated heterocycles. The minimum atomic E-state index is -1.51. The molecular formula is C11H10F3N3S. The number of rotatable bonds is 3. The van der Waals surface area contributed by atoms with E-state index in [9.17, 15) is 13.2 Å². The summed E-state index contributed by atoms with van der Waals surface area (Å²) in [6.07, 6.45) is 0. The lowest BCUT2D eigenvalue weighted by Crippen LogP contribution is -2.04. The number of aromatic nitrogens is 2. The molecule has 2 rings (SSSR count). The van der Waals surface area contributed by atoms with Gasteiger partial charge in [-0.05, 0) is 5.75 Å². The molecule has 1 aromatic carbocycles. The molecule has 18 heavy (non-hydrogen) atoms. The highest BCUT2D eigenvalue weighted by Crippen LogP contribution is 2.23. The molecule has 1 heterocycles. The predicted molar refractivity (Wildman–Crippen MR) is 64.2 cm³/mol. The van der Waals surface area contributed by atoms with Crippen LogP contribution in [0.15, 0.2) is 23.2 Å².